The largest absolute Gasteiger partial charge is 0.460 e. The van der Waals surface area contributed by atoms with Crippen molar-refractivity contribution in [2.75, 3.05) is 6.61 Å². The minimum absolute atomic E-state index is 0.0738. The molecule has 0 aromatic heterocycles. The topological polar surface area (TPSA) is 69.7 Å². The van der Waals surface area contributed by atoms with Gasteiger partial charge < -0.3 is 9.47 Å². The molecular weight excluding hydrogens is 284 g/mol. The maximum Gasteiger partial charge on any atom is 0.309 e. The third-order valence-electron chi connectivity index (χ3n) is 2.74. The average molecular weight is 306 g/mol. The Labute approximate surface area is 130 Å². The second kappa shape index (κ2) is 7.73. The molecule has 0 amide bonds. The zero-order chi connectivity index (χ0) is 16.8. The summed E-state index contributed by atoms with van der Waals surface area (Å²) in [4.78, 5) is 35.2. The van der Waals surface area contributed by atoms with Crippen LogP contribution in [0.25, 0.3) is 0 Å². The van der Waals surface area contributed by atoms with Gasteiger partial charge in [0.15, 0.2) is 12.4 Å². The summed E-state index contributed by atoms with van der Waals surface area (Å²) in [7, 11) is 0. The zero-order valence-electron chi connectivity index (χ0n) is 13.4. The van der Waals surface area contributed by atoms with Crippen LogP contribution in [0.4, 0.5) is 0 Å². The van der Waals surface area contributed by atoms with E-state index in [1.165, 1.54) is 0 Å². The van der Waals surface area contributed by atoms with Gasteiger partial charge in [-0.2, -0.15) is 0 Å². The lowest BCUT2D eigenvalue weighted by Crippen LogP contribution is -2.27. The summed E-state index contributed by atoms with van der Waals surface area (Å²) in [6, 6.07) is 8.58. The van der Waals surface area contributed by atoms with Crippen LogP contribution in [0.3, 0.4) is 0 Å². The van der Waals surface area contributed by atoms with Crippen molar-refractivity contribution in [1.82, 2.24) is 0 Å². The van der Waals surface area contributed by atoms with Crippen molar-refractivity contribution in [3.63, 3.8) is 0 Å². The average Bonchev–Trinajstić information content (AvgIpc) is 2.43. The second-order valence-corrected chi connectivity index (χ2v) is 6.09. The molecule has 0 radical (unpaired) electrons. The van der Waals surface area contributed by atoms with Crippen LogP contribution in [0.2, 0.25) is 0 Å². The van der Waals surface area contributed by atoms with E-state index in [9.17, 15) is 14.4 Å². The molecule has 0 saturated heterocycles. The maximum atomic E-state index is 11.8. The van der Waals surface area contributed by atoms with Crippen molar-refractivity contribution < 1.29 is 23.9 Å². The molecule has 1 aromatic carbocycles. The molecule has 1 rings (SSSR count). The second-order valence-electron chi connectivity index (χ2n) is 6.09. The van der Waals surface area contributed by atoms with Gasteiger partial charge in [-0.05, 0) is 20.8 Å². The Morgan fingerprint density at radius 1 is 1.09 bits per heavy atom. The van der Waals surface area contributed by atoms with Crippen LogP contribution in [0.15, 0.2) is 30.3 Å². The van der Waals surface area contributed by atoms with E-state index in [2.05, 4.69) is 0 Å². The minimum atomic E-state index is -0.654. The van der Waals surface area contributed by atoms with E-state index < -0.39 is 23.5 Å². The third kappa shape index (κ3) is 6.52. The number of rotatable bonds is 6. The lowest BCUT2D eigenvalue weighted by molar-refractivity contribution is -0.160. The van der Waals surface area contributed by atoms with Gasteiger partial charge in [0.2, 0.25) is 0 Å². The van der Waals surface area contributed by atoms with Crippen LogP contribution in [0, 0.1) is 5.92 Å². The highest BCUT2D eigenvalue weighted by Crippen LogP contribution is 2.13. The van der Waals surface area contributed by atoms with Crippen LogP contribution in [-0.2, 0) is 19.1 Å². The molecule has 0 fully saturated rings. The molecule has 5 nitrogen and oxygen atoms in total. The summed E-state index contributed by atoms with van der Waals surface area (Å²) < 4.78 is 10.1. The first-order valence-electron chi connectivity index (χ1n) is 7.16. The summed E-state index contributed by atoms with van der Waals surface area (Å²) in [6.45, 7) is 6.51. The van der Waals surface area contributed by atoms with Gasteiger partial charge >= 0.3 is 11.9 Å². The number of carbonyl (C=O) groups excluding carboxylic acids is 3. The first kappa shape index (κ1) is 17.9. The molecule has 0 bridgehead atoms. The lowest BCUT2D eigenvalue weighted by Gasteiger charge is -2.20. The number of ketones is 1. The van der Waals surface area contributed by atoms with Crippen molar-refractivity contribution >= 4 is 17.7 Å². The molecule has 0 N–H and O–H groups in total. The Morgan fingerprint density at radius 3 is 2.23 bits per heavy atom. The number of hydrogen-bond donors (Lipinski definition) is 0. The summed E-state index contributed by atoms with van der Waals surface area (Å²) in [6.07, 6.45) is -0.0738. The van der Waals surface area contributed by atoms with E-state index in [0.29, 0.717) is 5.56 Å². The van der Waals surface area contributed by atoms with E-state index >= 15 is 0 Å². The van der Waals surface area contributed by atoms with Crippen LogP contribution < -0.4 is 0 Å². The SMILES string of the molecule is CC(CC(=O)OC(C)(C)C)C(=O)OCC(=O)c1ccccc1. The normalized spacial score (nSPS) is 12.4. The van der Waals surface area contributed by atoms with Gasteiger partial charge in [-0.3, -0.25) is 14.4 Å². The number of esters is 2. The standard InChI is InChI=1S/C17H22O5/c1-12(10-15(19)22-17(2,3)4)16(20)21-11-14(18)13-8-6-5-7-9-13/h5-9,12H,10-11H2,1-4H3. The molecule has 22 heavy (non-hydrogen) atoms. The number of Topliss-reactive ketones (excluding diaryl/α,β-unsaturated/α-hetero) is 1. The van der Waals surface area contributed by atoms with Gasteiger partial charge in [-0.25, -0.2) is 0 Å². The number of hydrogen-bond acceptors (Lipinski definition) is 5. The smallest absolute Gasteiger partial charge is 0.309 e. The van der Waals surface area contributed by atoms with Crippen molar-refractivity contribution in [3.8, 4) is 0 Å². The molecule has 0 saturated carbocycles. The summed E-state index contributed by atoms with van der Waals surface area (Å²) in [5.74, 6) is -1.99. The molecule has 1 aromatic rings. The lowest BCUT2D eigenvalue weighted by atomic mass is 10.1. The molecule has 1 unspecified atom stereocenters. The Morgan fingerprint density at radius 2 is 1.68 bits per heavy atom. The van der Waals surface area contributed by atoms with E-state index in [0.717, 1.165) is 0 Å². The Bertz CT molecular complexity index is 528. The Balaban J connectivity index is 2.42. The summed E-state index contributed by atoms with van der Waals surface area (Å²) in [5.41, 5.74) is -0.112. The van der Waals surface area contributed by atoms with Gasteiger partial charge in [0, 0.05) is 5.56 Å². The van der Waals surface area contributed by atoms with E-state index in [1.807, 2.05) is 0 Å². The van der Waals surface area contributed by atoms with Crippen LogP contribution in [0.1, 0.15) is 44.5 Å². The molecule has 0 aliphatic heterocycles. The van der Waals surface area contributed by atoms with Crippen molar-refractivity contribution in [2.24, 2.45) is 5.92 Å². The Kier molecular flexibility index (Phi) is 6.28. The fraction of sp³-hybridized carbons (Fsp3) is 0.471. The van der Waals surface area contributed by atoms with Crippen molar-refractivity contribution in [3.05, 3.63) is 35.9 Å². The number of benzene rings is 1. The number of ether oxygens (including phenoxy) is 2. The Hall–Kier alpha value is -2.17. The van der Waals surface area contributed by atoms with Crippen molar-refractivity contribution in [1.29, 1.82) is 0 Å². The predicted octanol–water partition coefficient (Wildman–Crippen LogP) is 2.78. The highest BCUT2D eigenvalue weighted by atomic mass is 16.6. The molecule has 5 heteroatoms. The summed E-state index contributed by atoms with van der Waals surface area (Å²) in [5, 5.41) is 0. The van der Waals surface area contributed by atoms with Gasteiger partial charge in [0.25, 0.3) is 0 Å². The minimum Gasteiger partial charge on any atom is -0.460 e. The van der Waals surface area contributed by atoms with Crippen LogP contribution >= 0.6 is 0 Å². The fourth-order valence-electron chi connectivity index (χ4n) is 1.70. The molecule has 0 aliphatic carbocycles. The molecule has 0 aliphatic rings. The van der Waals surface area contributed by atoms with Gasteiger partial charge in [0.05, 0.1) is 12.3 Å². The van der Waals surface area contributed by atoms with Gasteiger partial charge in [-0.1, -0.05) is 37.3 Å². The fourth-order valence-corrected chi connectivity index (χ4v) is 1.70. The number of carbonyl (C=O) groups is 3. The first-order valence-corrected chi connectivity index (χ1v) is 7.16. The molecular formula is C17H22O5. The van der Waals surface area contributed by atoms with Crippen LogP contribution in [0.5, 0.6) is 0 Å². The molecule has 0 heterocycles. The van der Waals surface area contributed by atoms with E-state index in [1.54, 1.807) is 58.0 Å². The van der Waals surface area contributed by atoms with Crippen LogP contribution in [-0.4, -0.2) is 29.9 Å². The van der Waals surface area contributed by atoms with Gasteiger partial charge in [0.1, 0.15) is 5.60 Å². The third-order valence-corrected chi connectivity index (χ3v) is 2.74. The monoisotopic (exact) mass is 306 g/mol. The summed E-state index contributed by atoms with van der Waals surface area (Å²) >= 11 is 0. The molecule has 120 valence electrons. The maximum absolute atomic E-state index is 11.8. The highest BCUT2D eigenvalue weighted by molar-refractivity contribution is 5.98. The quantitative estimate of drug-likeness (QED) is 0.597. The predicted molar refractivity (Wildman–Crippen MR) is 81.4 cm³/mol. The van der Waals surface area contributed by atoms with Crippen molar-refractivity contribution in [2.45, 2.75) is 39.7 Å². The highest BCUT2D eigenvalue weighted by Gasteiger charge is 2.23. The molecule has 0 spiro atoms. The van der Waals surface area contributed by atoms with E-state index in [-0.39, 0.29) is 18.8 Å². The molecule has 1 atom stereocenters. The first-order chi connectivity index (χ1) is 10.2. The van der Waals surface area contributed by atoms with Gasteiger partial charge in [-0.15, -0.1) is 0 Å². The zero-order valence-corrected chi connectivity index (χ0v) is 13.4. The van der Waals surface area contributed by atoms with E-state index in [4.69, 9.17) is 9.47 Å².